The average Bonchev–Trinajstić information content (AvgIpc) is 2.64. The van der Waals surface area contributed by atoms with Crippen molar-refractivity contribution in [2.45, 2.75) is 51.0 Å². The summed E-state index contributed by atoms with van der Waals surface area (Å²) in [4.78, 5) is 4.35. The molecule has 2 aliphatic rings. The van der Waals surface area contributed by atoms with Crippen LogP contribution in [0.3, 0.4) is 0 Å². The van der Waals surface area contributed by atoms with Crippen molar-refractivity contribution in [2.24, 2.45) is 11.8 Å². The van der Waals surface area contributed by atoms with Crippen molar-refractivity contribution in [3.05, 3.63) is 16.6 Å². The summed E-state index contributed by atoms with van der Waals surface area (Å²) in [6.45, 7) is 1.11. The normalized spacial score (nSPS) is 21.5. The third-order valence-corrected chi connectivity index (χ3v) is 5.20. The Morgan fingerprint density at radius 2 is 1.94 bits per heavy atom. The number of nitrogens with zero attached hydrogens (tertiary/aromatic N) is 1. The molecule has 1 N–H and O–H groups in total. The third kappa shape index (κ3) is 2.71. The summed E-state index contributed by atoms with van der Waals surface area (Å²) in [5.41, 5.74) is 3.19. The van der Waals surface area contributed by atoms with E-state index < -0.39 is 0 Å². The molecule has 94 valence electrons. The van der Waals surface area contributed by atoms with E-state index in [-0.39, 0.29) is 0 Å². The maximum absolute atomic E-state index is 4.35. The van der Waals surface area contributed by atoms with E-state index in [4.69, 9.17) is 0 Å². The van der Waals surface area contributed by atoms with Gasteiger partial charge in [-0.2, -0.15) is 0 Å². The topological polar surface area (TPSA) is 24.9 Å². The van der Waals surface area contributed by atoms with Gasteiger partial charge in [0.2, 0.25) is 0 Å². The zero-order valence-corrected chi connectivity index (χ0v) is 11.2. The number of hydrogen-bond donors (Lipinski definition) is 1. The molecule has 0 spiro atoms. The molecule has 0 aliphatic heterocycles. The first-order valence-electron chi connectivity index (χ1n) is 7.04. The van der Waals surface area contributed by atoms with Gasteiger partial charge in [-0.25, -0.2) is 4.98 Å². The van der Waals surface area contributed by atoms with E-state index in [1.54, 1.807) is 11.3 Å². The van der Waals surface area contributed by atoms with Gasteiger partial charge in [0.05, 0.1) is 11.2 Å². The fourth-order valence-electron chi connectivity index (χ4n) is 3.04. The Morgan fingerprint density at radius 1 is 1.24 bits per heavy atom. The van der Waals surface area contributed by atoms with E-state index in [0.717, 1.165) is 30.8 Å². The predicted octanol–water partition coefficient (Wildman–Crippen LogP) is 3.24. The molecule has 0 radical (unpaired) electrons. The standard InChI is InChI=1S/C14H22N2S/c1-3-11(4-1)14(12-5-2-6-12)15-8-7-13-9-17-10-16-13/h9-12,14-15H,1-8H2. The van der Waals surface area contributed by atoms with Crippen LogP contribution in [0.15, 0.2) is 10.9 Å². The first kappa shape index (κ1) is 11.7. The molecular formula is C14H22N2S. The first-order valence-corrected chi connectivity index (χ1v) is 7.98. The summed E-state index contributed by atoms with van der Waals surface area (Å²) in [6.07, 6.45) is 9.87. The van der Waals surface area contributed by atoms with Crippen molar-refractivity contribution in [1.82, 2.24) is 10.3 Å². The third-order valence-electron chi connectivity index (χ3n) is 4.56. The number of thiazole rings is 1. The molecule has 0 atom stereocenters. The number of aromatic nitrogens is 1. The molecule has 3 heteroatoms. The van der Waals surface area contributed by atoms with Gasteiger partial charge in [-0.15, -0.1) is 11.3 Å². The first-order chi connectivity index (χ1) is 8.43. The van der Waals surface area contributed by atoms with Crippen LogP contribution in [-0.2, 0) is 6.42 Å². The summed E-state index contributed by atoms with van der Waals surface area (Å²) >= 11 is 1.70. The minimum absolute atomic E-state index is 0.816. The molecule has 3 rings (SSSR count). The van der Waals surface area contributed by atoms with Crippen LogP contribution in [0.4, 0.5) is 0 Å². The van der Waals surface area contributed by atoms with E-state index in [1.165, 1.54) is 44.2 Å². The van der Waals surface area contributed by atoms with Crippen molar-refractivity contribution in [3.63, 3.8) is 0 Å². The van der Waals surface area contributed by atoms with Gasteiger partial charge in [0, 0.05) is 24.4 Å². The summed E-state index contributed by atoms with van der Waals surface area (Å²) in [6, 6.07) is 0.816. The van der Waals surface area contributed by atoms with Crippen LogP contribution in [0, 0.1) is 11.8 Å². The van der Waals surface area contributed by atoms with Crippen LogP contribution >= 0.6 is 11.3 Å². The fourth-order valence-corrected chi connectivity index (χ4v) is 3.64. The van der Waals surface area contributed by atoms with Gasteiger partial charge in [-0.1, -0.05) is 12.8 Å². The second-order valence-corrected chi connectivity index (χ2v) is 6.31. The van der Waals surface area contributed by atoms with Gasteiger partial charge in [-0.3, -0.25) is 0 Å². The molecule has 0 saturated heterocycles. The van der Waals surface area contributed by atoms with Gasteiger partial charge in [0.15, 0.2) is 0 Å². The lowest BCUT2D eigenvalue weighted by Crippen LogP contribution is -2.47. The highest BCUT2D eigenvalue weighted by molar-refractivity contribution is 7.07. The molecule has 17 heavy (non-hydrogen) atoms. The van der Waals surface area contributed by atoms with Crippen LogP contribution in [0.5, 0.6) is 0 Å². The van der Waals surface area contributed by atoms with Crippen molar-refractivity contribution in [3.8, 4) is 0 Å². The lowest BCUT2D eigenvalue weighted by molar-refractivity contribution is 0.124. The minimum Gasteiger partial charge on any atom is -0.313 e. The average molecular weight is 250 g/mol. The van der Waals surface area contributed by atoms with Gasteiger partial charge in [0.1, 0.15) is 0 Å². The van der Waals surface area contributed by atoms with E-state index in [0.29, 0.717) is 0 Å². The molecule has 0 unspecified atom stereocenters. The smallest absolute Gasteiger partial charge is 0.0794 e. The highest BCUT2D eigenvalue weighted by atomic mass is 32.1. The Bertz CT molecular complexity index is 314. The van der Waals surface area contributed by atoms with E-state index in [2.05, 4.69) is 15.7 Å². The van der Waals surface area contributed by atoms with E-state index >= 15 is 0 Å². The van der Waals surface area contributed by atoms with E-state index in [1.807, 2.05) is 5.51 Å². The number of rotatable bonds is 6. The highest BCUT2D eigenvalue weighted by Gasteiger charge is 2.35. The largest absolute Gasteiger partial charge is 0.313 e. The zero-order valence-electron chi connectivity index (χ0n) is 10.4. The molecule has 2 aliphatic carbocycles. The number of nitrogens with one attached hydrogen (secondary N) is 1. The predicted molar refractivity (Wildman–Crippen MR) is 72.3 cm³/mol. The van der Waals surface area contributed by atoms with Crippen molar-refractivity contribution >= 4 is 11.3 Å². The Labute approximate surface area is 108 Å². The lowest BCUT2D eigenvalue weighted by atomic mass is 9.68. The van der Waals surface area contributed by atoms with Crippen molar-refractivity contribution < 1.29 is 0 Å². The molecule has 2 fully saturated rings. The maximum atomic E-state index is 4.35. The van der Waals surface area contributed by atoms with Crippen molar-refractivity contribution in [2.75, 3.05) is 6.54 Å². The molecule has 2 saturated carbocycles. The highest BCUT2D eigenvalue weighted by Crippen LogP contribution is 2.39. The van der Waals surface area contributed by atoms with Gasteiger partial charge >= 0.3 is 0 Å². The van der Waals surface area contributed by atoms with E-state index in [9.17, 15) is 0 Å². The van der Waals surface area contributed by atoms with Gasteiger partial charge in [-0.05, 0) is 37.5 Å². The zero-order chi connectivity index (χ0) is 11.5. The van der Waals surface area contributed by atoms with Crippen LogP contribution in [0.2, 0.25) is 0 Å². The molecular weight excluding hydrogens is 228 g/mol. The Hall–Kier alpha value is -0.410. The lowest BCUT2D eigenvalue weighted by Gasteiger charge is -2.43. The summed E-state index contributed by atoms with van der Waals surface area (Å²) < 4.78 is 0. The van der Waals surface area contributed by atoms with Crippen LogP contribution in [0.1, 0.15) is 44.2 Å². The maximum Gasteiger partial charge on any atom is 0.0794 e. The summed E-state index contributed by atoms with van der Waals surface area (Å²) in [5, 5.41) is 6.00. The second kappa shape index (κ2) is 5.49. The molecule has 1 heterocycles. The molecule has 1 aromatic heterocycles. The molecule has 1 aromatic rings. The molecule has 0 aromatic carbocycles. The Balaban J connectivity index is 1.46. The Kier molecular flexibility index (Phi) is 3.77. The Morgan fingerprint density at radius 3 is 2.41 bits per heavy atom. The van der Waals surface area contributed by atoms with Crippen molar-refractivity contribution in [1.29, 1.82) is 0 Å². The molecule has 0 amide bonds. The van der Waals surface area contributed by atoms with Crippen LogP contribution in [0.25, 0.3) is 0 Å². The monoisotopic (exact) mass is 250 g/mol. The van der Waals surface area contributed by atoms with Gasteiger partial charge < -0.3 is 5.32 Å². The minimum atomic E-state index is 0.816. The second-order valence-electron chi connectivity index (χ2n) is 5.59. The molecule has 0 bridgehead atoms. The SMILES string of the molecule is c1nc(CCNC(C2CCC2)C2CCC2)cs1. The number of hydrogen-bond acceptors (Lipinski definition) is 3. The molecule has 2 nitrogen and oxygen atoms in total. The summed E-state index contributed by atoms with van der Waals surface area (Å²) in [5.74, 6) is 1.96. The van der Waals surface area contributed by atoms with Gasteiger partial charge in [0.25, 0.3) is 0 Å². The fraction of sp³-hybridized carbons (Fsp3) is 0.786. The van der Waals surface area contributed by atoms with Crippen LogP contribution in [-0.4, -0.2) is 17.6 Å². The quantitative estimate of drug-likeness (QED) is 0.838. The van der Waals surface area contributed by atoms with Crippen LogP contribution < -0.4 is 5.32 Å². The summed E-state index contributed by atoms with van der Waals surface area (Å²) in [7, 11) is 0.